The molecule has 0 bridgehead atoms. The number of hydrogen-bond donors (Lipinski definition) is 2. The van der Waals surface area contributed by atoms with Gasteiger partial charge in [0.1, 0.15) is 0 Å². The van der Waals surface area contributed by atoms with Crippen molar-refractivity contribution >= 4 is 38.7 Å². The highest BCUT2D eigenvalue weighted by molar-refractivity contribution is 7.91. The summed E-state index contributed by atoms with van der Waals surface area (Å²) in [6.07, 6.45) is -0.910. The average Bonchev–Trinajstić information content (AvgIpc) is 2.44. The molecule has 1 aliphatic rings. The van der Waals surface area contributed by atoms with Crippen LogP contribution in [0.3, 0.4) is 0 Å². The van der Waals surface area contributed by atoms with Gasteiger partial charge in [-0.1, -0.05) is 23.2 Å². The third-order valence-corrected chi connectivity index (χ3v) is 4.86. The number of sulfone groups is 1. The van der Waals surface area contributed by atoms with Gasteiger partial charge in [-0.3, -0.25) is 0 Å². The Balaban J connectivity index is 2.17. The molecule has 4 nitrogen and oxygen atoms in total. The van der Waals surface area contributed by atoms with Crippen LogP contribution in [0.1, 0.15) is 0 Å². The van der Waals surface area contributed by atoms with E-state index in [1.54, 1.807) is 18.2 Å². The summed E-state index contributed by atoms with van der Waals surface area (Å²) >= 11 is 11.7. The van der Waals surface area contributed by atoms with Gasteiger partial charge in [0.05, 0.1) is 34.4 Å². The minimum Gasteiger partial charge on any atom is -0.390 e. The molecule has 0 radical (unpaired) electrons. The molecule has 17 heavy (non-hydrogen) atoms. The lowest BCUT2D eigenvalue weighted by Gasteiger charge is -2.17. The molecule has 1 aromatic rings. The SMILES string of the molecule is O=S1(=O)CC(O)C(Nc2ccc(Cl)cc2Cl)C1. The van der Waals surface area contributed by atoms with E-state index >= 15 is 0 Å². The minimum absolute atomic E-state index is 0.0902. The van der Waals surface area contributed by atoms with E-state index in [9.17, 15) is 13.5 Å². The number of hydrogen-bond acceptors (Lipinski definition) is 4. The maximum Gasteiger partial charge on any atom is 0.155 e. The van der Waals surface area contributed by atoms with Gasteiger partial charge in [0.2, 0.25) is 0 Å². The van der Waals surface area contributed by atoms with Crippen LogP contribution in [-0.4, -0.2) is 37.2 Å². The smallest absolute Gasteiger partial charge is 0.155 e. The van der Waals surface area contributed by atoms with E-state index in [1.807, 2.05) is 0 Å². The van der Waals surface area contributed by atoms with E-state index in [4.69, 9.17) is 23.2 Å². The van der Waals surface area contributed by atoms with Crippen molar-refractivity contribution in [3.05, 3.63) is 28.2 Å². The van der Waals surface area contributed by atoms with Crippen LogP contribution in [-0.2, 0) is 9.84 Å². The van der Waals surface area contributed by atoms with Gasteiger partial charge in [-0.25, -0.2) is 8.42 Å². The van der Waals surface area contributed by atoms with Gasteiger partial charge >= 0.3 is 0 Å². The lowest BCUT2D eigenvalue weighted by Crippen LogP contribution is -2.31. The van der Waals surface area contributed by atoms with Gasteiger partial charge in [-0.15, -0.1) is 0 Å². The Labute approximate surface area is 109 Å². The molecule has 2 rings (SSSR count). The average molecular weight is 296 g/mol. The largest absolute Gasteiger partial charge is 0.390 e. The molecule has 1 heterocycles. The fraction of sp³-hybridized carbons (Fsp3) is 0.400. The number of halogens is 2. The summed E-state index contributed by atoms with van der Waals surface area (Å²) < 4.78 is 22.7. The lowest BCUT2D eigenvalue weighted by atomic mass is 10.2. The lowest BCUT2D eigenvalue weighted by molar-refractivity contribution is 0.190. The van der Waals surface area contributed by atoms with Crippen LogP contribution in [0, 0.1) is 0 Å². The Morgan fingerprint density at radius 2 is 2.00 bits per heavy atom. The van der Waals surface area contributed by atoms with Crippen LogP contribution in [0.2, 0.25) is 10.0 Å². The second-order valence-corrected chi connectivity index (χ2v) is 7.02. The first-order valence-corrected chi connectivity index (χ1v) is 7.55. The van der Waals surface area contributed by atoms with Crippen LogP contribution in [0.4, 0.5) is 5.69 Å². The molecule has 94 valence electrons. The van der Waals surface area contributed by atoms with Crippen LogP contribution in [0.5, 0.6) is 0 Å². The Morgan fingerprint density at radius 3 is 2.53 bits per heavy atom. The molecule has 1 aliphatic heterocycles. The Kier molecular flexibility index (Phi) is 3.54. The number of rotatable bonds is 2. The second kappa shape index (κ2) is 4.65. The Morgan fingerprint density at radius 1 is 1.29 bits per heavy atom. The molecule has 2 N–H and O–H groups in total. The first-order chi connectivity index (χ1) is 7.87. The number of aliphatic hydroxyl groups is 1. The third-order valence-electron chi connectivity index (χ3n) is 2.59. The molecule has 2 atom stereocenters. The van der Waals surface area contributed by atoms with Crippen molar-refractivity contribution in [3.8, 4) is 0 Å². The van der Waals surface area contributed by atoms with Crippen molar-refractivity contribution in [1.29, 1.82) is 0 Å². The predicted molar refractivity (Wildman–Crippen MR) is 68.5 cm³/mol. The van der Waals surface area contributed by atoms with Gasteiger partial charge in [-0.05, 0) is 18.2 Å². The second-order valence-electron chi connectivity index (χ2n) is 4.02. The molecule has 0 saturated carbocycles. The van der Waals surface area contributed by atoms with E-state index in [0.717, 1.165) is 0 Å². The van der Waals surface area contributed by atoms with E-state index in [0.29, 0.717) is 15.7 Å². The molecular formula is C10H11Cl2NO3S. The summed E-state index contributed by atoms with van der Waals surface area (Å²) in [6, 6.07) is 4.33. The number of nitrogens with one attached hydrogen (secondary N) is 1. The molecule has 0 spiro atoms. The Hall–Kier alpha value is -0.490. The zero-order valence-corrected chi connectivity index (χ0v) is 11.1. The molecule has 2 unspecified atom stereocenters. The molecule has 1 fully saturated rings. The van der Waals surface area contributed by atoms with Crippen LogP contribution in [0.25, 0.3) is 0 Å². The fourth-order valence-electron chi connectivity index (χ4n) is 1.77. The standard InChI is InChI=1S/C10H11Cl2NO3S/c11-6-1-2-8(7(12)3-6)13-9-4-17(15,16)5-10(9)14/h1-3,9-10,13-14H,4-5H2. The number of benzene rings is 1. The maximum atomic E-state index is 11.3. The van der Waals surface area contributed by atoms with Crippen molar-refractivity contribution in [2.45, 2.75) is 12.1 Å². The first-order valence-electron chi connectivity index (χ1n) is 4.97. The molecule has 0 aliphatic carbocycles. The topological polar surface area (TPSA) is 66.4 Å². The van der Waals surface area contributed by atoms with Crippen molar-refractivity contribution in [2.24, 2.45) is 0 Å². The molecule has 7 heteroatoms. The quantitative estimate of drug-likeness (QED) is 0.869. The van der Waals surface area contributed by atoms with Crippen LogP contribution in [0.15, 0.2) is 18.2 Å². The zero-order chi connectivity index (χ0) is 12.6. The minimum atomic E-state index is -3.17. The summed E-state index contributed by atoms with van der Waals surface area (Å²) in [4.78, 5) is 0. The van der Waals surface area contributed by atoms with Gasteiger partial charge < -0.3 is 10.4 Å². The molecule has 1 aromatic carbocycles. The number of aliphatic hydroxyl groups excluding tert-OH is 1. The van der Waals surface area contributed by atoms with Crippen molar-refractivity contribution in [3.63, 3.8) is 0 Å². The third kappa shape index (κ3) is 3.04. The zero-order valence-electron chi connectivity index (χ0n) is 8.73. The maximum absolute atomic E-state index is 11.3. The highest BCUT2D eigenvalue weighted by Crippen LogP contribution is 2.27. The highest BCUT2D eigenvalue weighted by Gasteiger charge is 2.36. The van der Waals surface area contributed by atoms with Crippen molar-refractivity contribution < 1.29 is 13.5 Å². The summed E-state index contributed by atoms with van der Waals surface area (Å²) in [5.74, 6) is -0.303. The van der Waals surface area contributed by atoms with Crippen LogP contribution >= 0.6 is 23.2 Å². The summed E-state index contributed by atoms with van der Waals surface area (Å²) in [5.41, 5.74) is 0.567. The molecule has 0 amide bonds. The monoisotopic (exact) mass is 295 g/mol. The van der Waals surface area contributed by atoms with Crippen molar-refractivity contribution in [1.82, 2.24) is 0 Å². The van der Waals surface area contributed by atoms with E-state index in [1.165, 1.54) is 0 Å². The summed E-state index contributed by atoms with van der Waals surface area (Å²) in [7, 11) is -3.17. The van der Waals surface area contributed by atoms with E-state index in [-0.39, 0.29) is 11.5 Å². The summed E-state index contributed by atoms with van der Waals surface area (Å²) in [6.45, 7) is 0. The van der Waals surface area contributed by atoms with Gasteiger partial charge in [0, 0.05) is 5.02 Å². The Bertz CT molecular complexity index is 532. The molecular weight excluding hydrogens is 285 g/mol. The highest BCUT2D eigenvalue weighted by atomic mass is 35.5. The molecule has 1 saturated heterocycles. The van der Waals surface area contributed by atoms with Gasteiger partial charge in [0.25, 0.3) is 0 Å². The van der Waals surface area contributed by atoms with Crippen molar-refractivity contribution in [2.75, 3.05) is 16.8 Å². The summed E-state index contributed by atoms with van der Waals surface area (Å²) in [5, 5.41) is 13.4. The first kappa shape index (κ1) is 13.0. The van der Waals surface area contributed by atoms with E-state index in [2.05, 4.69) is 5.32 Å². The van der Waals surface area contributed by atoms with Gasteiger partial charge in [0.15, 0.2) is 9.84 Å². The van der Waals surface area contributed by atoms with E-state index < -0.39 is 22.0 Å². The van der Waals surface area contributed by atoms with Crippen LogP contribution < -0.4 is 5.32 Å². The normalized spacial score (nSPS) is 27.0. The molecule has 0 aromatic heterocycles. The van der Waals surface area contributed by atoms with Gasteiger partial charge in [-0.2, -0.15) is 0 Å². The fourth-order valence-corrected chi connectivity index (χ4v) is 3.98. The number of anilines is 1. The predicted octanol–water partition coefficient (Wildman–Crippen LogP) is 1.56.